The molecule has 0 aliphatic carbocycles. The molecule has 1 amide bonds. The highest BCUT2D eigenvalue weighted by molar-refractivity contribution is 5.95. The minimum atomic E-state index is -0.685. The Kier molecular flexibility index (Phi) is 2.09. The Labute approximate surface area is 67.8 Å². The Morgan fingerprint density at radius 3 is 2.92 bits per heavy atom. The first-order valence-electron chi connectivity index (χ1n) is 3.22. The predicted molar refractivity (Wildman–Crippen MR) is 42.9 cm³/mol. The molecule has 0 spiro atoms. The fraction of sp³-hybridized carbons (Fsp3) is 0.167. The van der Waals surface area contributed by atoms with Crippen LogP contribution in [-0.2, 0) is 0 Å². The summed E-state index contributed by atoms with van der Waals surface area (Å²) in [5.74, 6) is -0.453. The molecule has 4 N–H and O–H groups in total. The summed E-state index contributed by atoms with van der Waals surface area (Å²) in [6, 6.07) is 0. The van der Waals surface area contributed by atoms with Gasteiger partial charge in [0.1, 0.15) is 5.82 Å². The molecule has 6 heteroatoms. The largest absolute Gasteiger partial charge is 0.373 e. The highest BCUT2D eigenvalue weighted by Gasteiger charge is 2.08. The number of nitrogens with zero attached hydrogens (tertiary/aromatic N) is 1. The van der Waals surface area contributed by atoms with Crippen LogP contribution >= 0.6 is 0 Å². The van der Waals surface area contributed by atoms with Gasteiger partial charge in [-0.2, -0.15) is 0 Å². The first kappa shape index (κ1) is 8.25. The van der Waals surface area contributed by atoms with Gasteiger partial charge in [-0.1, -0.05) is 0 Å². The highest BCUT2D eigenvalue weighted by Crippen LogP contribution is 2.02. The zero-order chi connectivity index (χ0) is 9.14. The highest BCUT2D eigenvalue weighted by atomic mass is 16.1. The average Bonchev–Trinajstić information content (AvgIpc) is 2.03. The van der Waals surface area contributed by atoms with E-state index >= 15 is 0 Å². The lowest BCUT2D eigenvalue weighted by Gasteiger charge is -2.02. The summed E-state index contributed by atoms with van der Waals surface area (Å²) in [5, 5.41) is 2.60. The predicted octanol–water partition coefficient (Wildman–Crippen LogP) is -1.09. The molecular formula is C6H8N4O2. The van der Waals surface area contributed by atoms with E-state index in [-0.39, 0.29) is 17.1 Å². The van der Waals surface area contributed by atoms with Crippen molar-refractivity contribution in [3.63, 3.8) is 0 Å². The maximum atomic E-state index is 10.7. The number of hydrogen-bond acceptors (Lipinski definition) is 4. The molecule has 6 nitrogen and oxygen atoms in total. The summed E-state index contributed by atoms with van der Waals surface area (Å²) in [6.07, 6.45) is 1.00. The maximum absolute atomic E-state index is 10.7. The standard InChI is InChI=1S/C6H8N4O2/c1-8-6-4(5(7)12)9-2-3(11)10-6/h2H,1H3,(H2,7,12)(H2,8,10,11). The summed E-state index contributed by atoms with van der Waals surface area (Å²) >= 11 is 0. The molecule has 0 bridgehead atoms. The van der Waals surface area contributed by atoms with Crippen LogP contribution in [0, 0.1) is 0 Å². The summed E-state index contributed by atoms with van der Waals surface area (Å²) < 4.78 is 0. The van der Waals surface area contributed by atoms with Crippen LogP contribution in [0.3, 0.4) is 0 Å². The number of aromatic amines is 1. The molecule has 64 valence electrons. The molecule has 0 aromatic carbocycles. The average molecular weight is 168 g/mol. The monoisotopic (exact) mass is 168 g/mol. The van der Waals surface area contributed by atoms with E-state index in [1.54, 1.807) is 7.05 Å². The van der Waals surface area contributed by atoms with Crippen LogP contribution in [0.15, 0.2) is 11.0 Å². The van der Waals surface area contributed by atoms with E-state index in [9.17, 15) is 9.59 Å². The molecule has 1 heterocycles. The first-order valence-corrected chi connectivity index (χ1v) is 3.22. The summed E-state index contributed by atoms with van der Waals surface area (Å²) in [6.45, 7) is 0. The quantitative estimate of drug-likeness (QED) is 0.522. The second kappa shape index (κ2) is 3.04. The Morgan fingerprint density at radius 1 is 1.75 bits per heavy atom. The minimum Gasteiger partial charge on any atom is -0.373 e. The van der Waals surface area contributed by atoms with Crippen molar-refractivity contribution in [2.45, 2.75) is 0 Å². The lowest BCUT2D eigenvalue weighted by atomic mass is 10.4. The number of rotatable bonds is 2. The van der Waals surface area contributed by atoms with Crippen molar-refractivity contribution in [2.24, 2.45) is 5.73 Å². The number of anilines is 1. The van der Waals surface area contributed by atoms with Crippen molar-refractivity contribution in [3.05, 3.63) is 22.2 Å². The smallest absolute Gasteiger partial charge is 0.271 e. The lowest BCUT2D eigenvalue weighted by Crippen LogP contribution is -2.20. The molecule has 0 atom stereocenters. The van der Waals surface area contributed by atoms with Gasteiger partial charge in [-0.25, -0.2) is 4.98 Å². The number of hydrogen-bond donors (Lipinski definition) is 3. The fourth-order valence-corrected chi connectivity index (χ4v) is 0.770. The summed E-state index contributed by atoms with van der Waals surface area (Å²) in [4.78, 5) is 27.3. The number of carbonyl (C=O) groups excluding carboxylic acids is 1. The SMILES string of the molecule is CNc1[nH]c(=O)cnc1C(N)=O. The van der Waals surface area contributed by atoms with Gasteiger partial charge in [0.05, 0.1) is 6.20 Å². The number of nitrogens with one attached hydrogen (secondary N) is 2. The minimum absolute atomic E-state index is 0.0251. The van der Waals surface area contributed by atoms with Gasteiger partial charge in [-0.05, 0) is 0 Å². The second-order valence-electron chi connectivity index (χ2n) is 2.09. The van der Waals surface area contributed by atoms with Gasteiger partial charge in [-0.3, -0.25) is 9.59 Å². The number of carbonyl (C=O) groups is 1. The fourth-order valence-electron chi connectivity index (χ4n) is 0.770. The molecule has 0 aliphatic rings. The first-order chi connectivity index (χ1) is 5.65. The molecule has 1 aromatic rings. The molecule has 0 aliphatic heterocycles. The molecule has 0 fully saturated rings. The van der Waals surface area contributed by atoms with E-state index in [4.69, 9.17) is 5.73 Å². The third-order valence-electron chi connectivity index (χ3n) is 1.28. The van der Waals surface area contributed by atoms with Gasteiger partial charge in [0.2, 0.25) is 0 Å². The van der Waals surface area contributed by atoms with Crippen LogP contribution in [0.2, 0.25) is 0 Å². The number of nitrogens with two attached hydrogens (primary N) is 1. The Hall–Kier alpha value is -1.85. The number of aromatic nitrogens is 2. The zero-order valence-electron chi connectivity index (χ0n) is 6.42. The van der Waals surface area contributed by atoms with E-state index in [2.05, 4.69) is 15.3 Å². The van der Waals surface area contributed by atoms with Gasteiger partial charge in [0.15, 0.2) is 5.69 Å². The second-order valence-corrected chi connectivity index (χ2v) is 2.09. The van der Waals surface area contributed by atoms with Gasteiger partial charge in [0, 0.05) is 7.05 Å². The van der Waals surface area contributed by atoms with E-state index in [0.29, 0.717) is 0 Å². The Bertz CT molecular complexity index is 357. The van der Waals surface area contributed by atoms with Crippen molar-refractivity contribution in [2.75, 3.05) is 12.4 Å². The van der Waals surface area contributed by atoms with E-state index in [1.807, 2.05) is 0 Å². The Balaban J connectivity index is 3.29. The van der Waals surface area contributed by atoms with Crippen LogP contribution in [0.25, 0.3) is 0 Å². The molecule has 12 heavy (non-hydrogen) atoms. The lowest BCUT2D eigenvalue weighted by molar-refractivity contribution is 0.0996. The molecule has 0 unspecified atom stereocenters. The number of amides is 1. The molecular weight excluding hydrogens is 160 g/mol. The molecule has 1 rings (SSSR count). The molecule has 0 saturated heterocycles. The third-order valence-corrected chi connectivity index (χ3v) is 1.28. The van der Waals surface area contributed by atoms with Crippen molar-refractivity contribution in [3.8, 4) is 0 Å². The van der Waals surface area contributed by atoms with Crippen molar-refractivity contribution >= 4 is 11.7 Å². The van der Waals surface area contributed by atoms with Crippen molar-refractivity contribution < 1.29 is 4.79 Å². The van der Waals surface area contributed by atoms with E-state index in [1.165, 1.54) is 0 Å². The van der Waals surface area contributed by atoms with Crippen LogP contribution in [0.4, 0.5) is 5.82 Å². The summed E-state index contributed by atoms with van der Waals surface area (Å²) in [7, 11) is 1.55. The Morgan fingerprint density at radius 2 is 2.42 bits per heavy atom. The maximum Gasteiger partial charge on any atom is 0.271 e. The molecule has 0 saturated carbocycles. The van der Waals surface area contributed by atoms with Crippen LogP contribution in [0.1, 0.15) is 10.5 Å². The van der Waals surface area contributed by atoms with Crippen molar-refractivity contribution in [1.82, 2.24) is 9.97 Å². The summed E-state index contributed by atoms with van der Waals surface area (Å²) in [5.41, 5.74) is 4.62. The van der Waals surface area contributed by atoms with Crippen LogP contribution < -0.4 is 16.6 Å². The van der Waals surface area contributed by atoms with Crippen LogP contribution in [-0.4, -0.2) is 22.9 Å². The van der Waals surface area contributed by atoms with Gasteiger partial charge in [0.25, 0.3) is 11.5 Å². The van der Waals surface area contributed by atoms with E-state index < -0.39 is 5.91 Å². The van der Waals surface area contributed by atoms with Gasteiger partial charge >= 0.3 is 0 Å². The van der Waals surface area contributed by atoms with E-state index in [0.717, 1.165) is 6.20 Å². The zero-order valence-corrected chi connectivity index (χ0v) is 6.42. The van der Waals surface area contributed by atoms with Crippen LogP contribution in [0.5, 0.6) is 0 Å². The normalized spacial score (nSPS) is 9.42. The number of primary amides is 1. The third kappa shape index (κ3) is 1.42. The van der Waals surface area contributed by atoms with Gasteiger partial charge < -0.3 is 16.0 Å². The van der Waals surface area contributed by atoms with Crippen molar-refractivity contribution in [1.29, 1.82) is 0 Å². The topological polar surface area (TPSA) is 101 Å². The van der Waals surface area contributed by atoms with Gasteiger partial charge in [-0.15, -0.1) is 0 Å². The molecule has 1 aromatic heterocycles. The molecule has 0 radical (unpaired) electrons. The number of H-pyrrole nitrogens is 1.